The van der Waals surface area contributed by atoms with Crippen LogP contribution in [0.4, 0.5) is 0 Å². The van der Waals surface area contributed by atoms with Crippen LogP contribution >= 0.6 is 22.9 Å². The van der Waals surface area contributed by atoms with Crippen molar-refractivity contribution in [3.8, 4) is 0 Å². The highest BCUT2D eigenvalue weighted by Crippen LogP contribution is 2.28. The minimum absolute atomic E-state index is 0.123. The number of halogens is 1. The standard InChI is InChI=1S/C12H11ClN4S/c13-7-1-2-10-11(3-7)18-12(17-10)9(14)4-8-5-15-6-16-8/h1-3,5-6,9H,4,14H2,(H,15,16). The van der Waals surface area contributed by atoms with Gasteiger partial charge in [-0.25, -0.2) is 9.97 Å². The summed E-state index contributed by atoms with van der Waals surface area (Å²) < 4.78 is 1.07. The molecule has 1 aromatic carbocycles. The van der Waals surface area contributed by atoms with Gasteiger partial charge in [-0.2, -0.15) is 0 Å². The topological polar surface area (TPSA) is 67.6 Å². The monoisotopic (exact) mass is 278 g/mol. The van der Waals surface area contributed by atoms with E-state index >= 15 is 0 Å². The van der Waals surface area contributed by atoms with Crippen LogP contribution in [0.2, 0.25) is 5.02 Å². The first-order valence-corrected chi connectivity index (χ1v) is 6.70. The van der Waals surface area contributed by atoms with Crippen molar-refractivity contribution in [2.45, 2.75) is 12.5 Å². The molecule has 0 aliphatic heterocycles. The average molecular weight is 279 g/mol. The van der Waals surface area contributed by atoms with Crippen molar-refractivity contribution < 1.29 is 0 Å². The van der Waals surface area contributed by atoms with Crippen molar-refractivity contribution in [2.75, 3.05) is 0 Å². The molecule has 0 saturated heterocycles. The number of nitrogens with one attached hydrogen (secondary N) is 1. The number of nitrogens with two attached hydrogens (primary N) is 1. The van der Waals surface area contributed by atoms with Gasteiger partial charge in [-0.05, 0) is 18.2 Å². The lowest BCUT2D eigenvalue weighted by atomic mass is 10.2. The Morgan fingerprint density at radius 1 is 1.44 bits per heavy atom. The largest absolute Gasteiger partial charge is 0.348 e. The summed E-state index contributed by atoms with van der Waals surface area (Å²) in [6.07, 6.45) is 4.14. The summed E-state index contributed by atoms with van der Waals surface area (Å²) >= 11 is 7.54. The summed E-state index contributed by atoms with van der Waals surface area (Å²) in [5.41, 5.74) is 8.11. The van der Waals surface area contributed by atoms with E-state index in [-0.39, 0.29) is 6.04 Å². The predicted octanol–water partition coefficient (Wildman–Crippen LogP) is 2.92. The molecule has 0 fully saturated rings. The molecule has 1 unspecified atom stereocenters. The second-order valence-electron chi connectivity index (χ2n) is 4.05. The predicted molar refractivity (Wildman–Crippen MR) is 73.9 cm³/mol. The fourth-order valence-electron chi connectivity index (χ4n) is 1.80. The fourth-order valence-corrected chi connectivity index (χ4v) is 3.04. The van der Waals surface area contributed by atoms with E-state index in [4.69, 9.17) is 17.3 Å². The normalized spacial score (nSPS) is 13.0. The number of rotatable bonds is 3. The number of aromatic amines is 1. The molecule has 0 radical (unpaired) electrons. The van der Waals surface area contributed by atoms with Gasteiger partial charge >= 0.3 is 0 Å². The van der Waals surface area contributed by atoms with E-state index in [1.807, 2.05) is 18.2 Å². The number of benzene rings is 1. The molecule has 4 nitrogen and oxygen atoms in total. The highest BCUT2D eigenvalue weighted by molar-refractivity contribution is 7.18. The molecule has 0 amide bonds. The molecule has 0 aliphatic rings. The Morgan fingerprint density at radius 3 is 3.11 bits per heavy atom. The lowest BCUT2D eigenvalue weighted by Crippen LogP contribution is -2.13. The van der Waals surface area contributed by atoms with Crippen molar-refractivity contribution in [1.29, 1.82) is 0 Å². The Morgan fingerprint density at radius 2 is 2.33 bits per heavy atom. The smallest absolute Gasteiger partial charge is 0.111 e. The second kappa shape index (κ2) is 4.68. The van der Waals surface area contributed by atoms with Gasteiger partial charge in [0.2, 0.25) is 0 Å². The summed E-state index contributed by atoms with van der Waals surface area (Å²) in [5.74, 6) is 0. The van der Waals surface area contributed by atoms with Crippen molar-refractivity contribution in [1.82, 2.24) is 15.0 Å². The maximum atomic E-state index is 6.16. The summed E-state index contributed by atoms with van der Waals surface area (Å²) in [5, 5.41) is 1.64. The van der Waals surface area contributed by atoms with Gasteiger partial charge in [-0.3, -0.25) is 0 Å². The van der Waals surface area contributed by atoms with Gasteiger partial charge in [0.1, 0.15) is 5.01 Å². The first-order chi connectivity index (χ1) is 8.72. The third kappa shape index (κ3) is 2.25. The molecule has 2 aromatic heterocycles. The van der Waals surface area contributed by atoms with E-state index in [9.17, 15) is 0 Å². The Labute approximate surface area is 113 Å². The molecule has 0 aliphatic carbocycles. The molecule has 3 N–H and O–H groups in total. The SMILES string of the molecule is NC(Cc1cnc[nH]1)c1nc2ccc(Cl)cc2s1. The van der Waals surface area contributed by atoms with Crippen LogP contribution in [0.25, 0.3) is 10.2 Å². The molecule has 0 bridgehead atoms. The third-order valence-electron chi connectivity index (χ3n) is 2.68. The minimum Gasteiger partial charge on any atom is -0.348 e. The number of hydrogen-bond donors (Lipinski definition) is 2. The van der Waals surface area contributed by atoms with Crippen LogP contribution in [0.1, 0.15) is 16.7 Å². The number of H-pyrrole nitrogens is 1. The Hall–Kier alpha value is -1.43. The molecule has 92 valence electrons. The zero-order valence-electron chi connectivity index (χ0n) is 9.43. The van der Waals surface area contributed by atoms with Crippen LogP contribution in [-0.2, 0) is 6.42 Å². The lowest BCUT2D eigenvalue weighted by molar-refractivity contribution is 0.705. The maximum absolute atomic E-state index is 6.16. The van der Waals surface area contributed by atoms with Crippen LogP contribution in [0.15, 0.2) is 30.7 Å². The molecule has 3 aromatic rings. The van der Waals surface area contributed by atoms with E-state index in [1.54, 1.807) is 23.9 Å². The molecule has 3 rings (SSSR count). The summed E-state index contributed by atoms with van der Waals surface area (Å²) in [6, 6.07) is 5.55. The van der Waals surface area contributed by atoms with Gasteiger partial charge in [0.25, 0.3) is 0 Å². The van der Waals surface area contributed by atoms with E-state index in [0.717, 1.165) is 25.9 Å². The molecule has 0 saturated carbocycles. The van der Waals surface area contributed by atoms with Gasteiger partial charge < -0.3 is 10.7 Å². The van der Waals surface area contributed by atoms with Gasteiger partial charge in [-0.15, -0.1) is 11.3 Å². The van der Waals surface area contributed by atoms with Crippen LogP contribution < -0.4 is 5.73 Å². The van der Waals surface area contributed by atoms with Gasteiger partial charge in [0, 0.05) is 23.3 Å². The fraction of sp³-hybridized carbons (Fsp3) is 0.167. The molecular formula is C12H11ClN4S. The first kappa shape index (κ1) is 11.6. The van der Waals surface area contributed by atoms with Crippen LogP contribution in [0, 0.1) is 0 Å². The molecule has 0 spiro atoms. The third-order valence-corrected chi connectivity index (χ3v) is 4.06. The molecule has 6 heteroatoms. The summed E-state index contributed by atoms with van der Waals surface area (Å²) in [6.45, 7) is 0. The van der Waals surface area contributed by atoms with Gasteiger partial charge in [0.05, 0.1) is 22.6 Å². The van der Waals surface area contributed by atoms with Crippen molar-refractivity contribution >= 4 is 33.2 Å². The zero-order chi connectivity index (χ0) is 12.5. The number of thiazole rings is 1. The van der Waals surface area contributed by atoms with Crippen molar-refractivity contribution in [3.63, 3.8) is 0 Å². The zero-order valence-corrected chi connectivity index (χ0v) is 11.0. The average Bonchev–Trinajstić information content (AvgIpc) is 2.96. The van der Waals surface area contributed by atoms with Crippen LogP contribution in [0.3, 0.4) is 0 Å². The minimum atomic E-state index is -0.123. The van der Waals surface area contributed by atoms with E-state index in [2.05, 4.69) is 15.0 Å². The number of nitrogens with zero attached hydrogens (tertiary/aromatic N) is 2. The Balaban J connectivity index is 1.89. The van der Waals surface area contributed by atoms with Gasteiger partial charge in [-0.1, -0.05) is 11.6 Å². The van der Waals surface area contributed by atoms with E-state index in [1.165, 1.54) is 0 Å². The van der Waals surface area contributed by atoms with Crippen LogP contribution in [-0.4, -0.2) is 15.0 Å². The van der Waals surface area contributed by atoms with E-state index < -0.39 is 0 Å². The van der Waals surface area contributed by atoms with Crippen molar-refractivity contribution in [2.24, 2.45) is 5.73 Å². The van der Waals surface area contributed by atoms with Crippen LogP contribution in [0.5, 0.6) is 0 Å². The van der Waals surface area contributed by atoms with E-state index in [0.29, 0.717) is 6.42 Å². The molecular weight excluding hydrogens is 268 g/mol. The first-order valence-electron chi connectivity index (χ1n) is 5.51. The Kier molecular flexibility index (Phi) is 3.03. The number of fused-ring (bicyclic) bond motifs is 1. The number of hydrogen-bond acceptors (Lipinski definition) is 4. The lowest BCUT2D eigenvalue weighted by Gasteiger charge is -2.05. The quantitative estimate of drug-likeness (QED) is 0.774. The number of aromatic nitrogens is 3. The number of imidazole rings is 1. The highest BCUT2D eigenvalue weighted by atomic mass is 35.5. The molecule has 2 heterocycles. The van der Waals surface area contributed by atoms with Gasteiger partial charge in [0.15, 0.2) is 0 Å². The van der Waals surface area contributed by atoms with Crippen molar-refractivity contribution in [3.05, 3.63) is 46.4 Å². The molecule has 1 atom stereocenters. The second-order valence-corrected chi connectivity index (χ2v) is 5.55. The molecule has 18 heavy (non-hydrogen) atoms. The Bertz CT molecular complexity index is 662. The maximum Gasteiger partial charge on any atom is 0.111 e. The highest BCUT2D eigenvalue weighted by Gasteiger charge is 2.13. The summed E-state index contributed by atoms with van der Waals surface area (Å²) in [7, 11) is 0. The summed E-state index contributed by atoms with van der Waals surface area (Å²) in [4.78, 5) is 11.6.